The van der Waals surface area contributed by atoms with E-state index < -0.39 is 5.97 Å². The lowest BCUT2D eigenvalue weighted by Crippen LogP contribution is -2.29. The van der Waals surface area contributed by atoms with E-state index in [-0.39, 0.29) is 12.0 Å². The normalized spacial score (nSPS) is 17.6. The first-order chi connectivity index (χ1) is 17.5. The average molecular weight is 484 g/mol. The van der Waals surface area contributed by atoms with Gasteiger partial charge in [-0.1, -0.05) is 41.6 Å². The molecule has 3 aromatic heterocycles. The van der Waals surface area contributed by atoms with Gasteiger partial charge in [0.2, 0.25) is 0 Å². The van der Waals surface area contributed by atoms with Crippen LogP contribution in [0.25, 0.3) is 22.6 Å². The van der Waals surface area contributed by atoms with E-state index in [4.69, 9.17) is 14.7 Å². The van der Waals surface area contributed by atoms with Crippen molar-refractivity contribution in [2.75, 3.05) is 0 Å². The van der Waals surface area contributed by atoms with Crippen LogP contribution >= 0.6 is 0 Å². The number of benzene rings is 1. The van der Waals surface area contributed by atoms with E-state index in [2.05, 4.69) is 22.4 Å². The van der Waals surface area contributed by atoms with Crippen molar-refractivity contribution in [3.63, 3.8) is 0 Å². The molecule has 5 rings (SSSR count). The van der Waals surface area contributed by atoms with E-state index in [1.807, 2.05) is 62.5 Å². The highest BCUT2D eigenvalue weighted by atomic mass is 16.5. The molecule has 4 aromatic rings. The summed E-state index contributed by atoms with van der Waals surface area (Å²) in [6.45, 7) is 1.90. The van der Waals surface area contributed by atoms with Crippen LogP contribution in [-0.2, 0) is 18.3 Å². The molecule has 0 aliphatic heterocycles. The van der Waals surface area contributed by atoms with Crippen molar-refractivity contribution in [2.45, 2.75) is 45.1 Å². The molecule has 2 atom stereocenters. The number of nitrogens with zero attached hydrogens (tertiary/aromatic N) is 5. The molecule has 1 aliphatic carbocycles. The highest BCUT2D eigenvalue weighted by Crippen LogP contribution is 2.31. The molecule has 0 spiro atoms. The van der Waals surface area contributed by atoms with Crippen LogP contribution in [0, 0.1) is 12.8 Å². The second kappa shape index (κ2) is 10.3. The zero-order valence-electron chi connectivity index (χ0n) is 20.5. The Morgan fingerprint density at radius 3 is 2.64 bits per heavy atom. The van der Waals surface area contributed by atoms with E-state index in [1.54, 1.807) is 4.68 Å². The van der Waals surface area contributed by atoms with Crippen LogP contribution < -0.4 is 4.74 Å². The number of aliphatic carboxylic acids is 1. The number of hydrogen-bond donors (Lipinski definition) is 1. The monoisotopic (exact) mass is 483 g/mol. The smallest absolute Gasteiger partial charge is 0.306 e. The fraction of sp³-hybridized carbons (Fsp3) is 0.321. The molecule has 0 unspecified atom stereocenters. The van der Waals surface area contributed by atoms with Gasteiger partial charge < -0.3 is 9.84 Å². The summed E-state index contributed by atoms with van der Waals surface area (Å²) in [6.07, 6.45) is 3.41. The Hall–Kier alpha value is -4.07. The molecule has 1 aliphatic rings. The van der Waals surface area contributed by atoms with E-state index in [1.165, 1.54) is 0 Å². The fourth-order valence-corrected chi connectivity index (χ4v) is 4.75. The van der Waals surface area contributed by atoms with Crippen molar-refractivity contribution in [1.82, 2.24) is 25.0 Å². The summed E-state index contributed by atoms with van der Waals surface area (Å²) < 4.78 is 7.93. The fourth-order valence-electron chi connectivity index (χ4n) is 4.75. The molecule has 0 radical (unpaired) electrons. The number of carbonyl (C=O) groups is 1. The van der Waals surface area contributed by atoms with Gasteiger partial charge in [0.15, 0.2) is 0 Å². The van der Waals surface area contributed by atoms with Gasteiger partial charge in [0.05, 0.1) is 34.8 Å². The highest BCUT2D eigenvalue weighted by molar-refractivity contribution is 5.70. The first kappa shape index (κ1) is 23.7. The molecule has 0 bridgehead atoms. The molecule has 0 saturated heterocycles. The molecule has 1 fully saturated rings. The minimum atomic E-state index is -0.743. The Labute approximate surface area is 210 Å². The van der Waals surface area contributed by atoms with Crippen LogP contribution in [0.5, 0.6) is 5.75 Å². The lowest BCUT2D eigenvalue weighted by molar-refractivity contribution is -0.143. The number of hydrogen-bond acceptors (Lipinski definition) is 6. The quantitative estimate of drug-likeness (QED) is 0.400. The summed E-state index contributed by atoms with van der Waals surface area (Å²) in [5.74, 6) is -0.405. The lowest BCUT2D eigenvalue weighted by Gasteiger charge is -2.27. The lowest BCUT2D eigenvalue weighted by atomic mass is 9.87. The van der Waals surface area contributed by atoms with Gasteiger partial charge in [-0.2, -0.15) is 0 Å². The summed E-state index contributed by atoms with van der Waals surface area (Å²) in [5, 5.41) is 18.0. The van der Waals surface area contributed by atoms with E-state index in [0.29, 0.717) is 36.4 Å². The second-order valence-corrected chi connectivity index (χ2v) is 9.29. The average Bonchev–Trinajstić information content (AvgIpc) is 3.26. The molecule has 36 heavy (non-hydrogen) atoms. The van der Waals surface area contributed by atoms with Crippen molar-refractivity contribution in [1.29, 1.82) is 0 Å². The summed E-state index contributed by atoms with van der Waals surface area (Å²) in [7, 11) is 1.87. The van der Waals surface area contributed by atoms with Gasteiger partial charge in [0, 0.05) is 24.7 Å². The minimum absolute atomic E-state index is 0.110. The first-order valence-corrected chi connectivity index (χ1v) is 12.3. The number of carboxylic acids is 1. The van der Waals surface area contributed by atoms with Crippen LogP contribution in [0.4, 0.5) is 0 Å². The maximum atomic E-state index is 11.4. The van der Waals surface area contributed by atoms with Crippen molar-refractivity contribution < 1.29 is 14.6 Å². The second-order valence-electron chi connectivity index (χ2n) is 9.29. The molecular formula is C28H29N5O3. The number of rotatable bonds is 7. The summed E-state index contributed by atoms with van der Waals surface area (Å²) >= 11 is 0. The largest absolute Gasteiger partial charge is 0.489 e. The third kappa shape index (κ3) is 5.12. The Bertz CT molecular complexity index is 1370. The zero-order chi connectivity index (χ0) is 25.1. The van der Waals surface area contributed by atoms with Gasteiger partial charge in [-0.15, -0.1) is 5.10 Å². The standard InChI is InChI=1S/C28H29N5O3/c1-18-26(36-22-12-6-10-20(16-22)28(34)35)15-14-24(29-18)27-25(33(2)32-31-27)17-21-11-7-13-23(30-21)19-8-4-3-5-9-19/h3-5,7-9,11,13-15,20,22H,6,10,12,16-17H2,1-2H3,(H,34,35)/t20-,22-/m0/s1. The molecule has 3 heterocycles. The third-order valence-electron chi connectivity index (χ3n) is 6.72. The molecular weight excluding hydrogens is 454 g/mol. The SMILES string of the molecule is Cc1nc(-c2nnn(C)c2Cc2cccc(-c3ccccc3)n2)ccc1O[C@H]1CCC[C@H](C(=O)O)C1. The van der Waals surface area contributed by atoms with Crippen LogP contribution in [0.1, 0.15) is 42.8 Å². The topological polar surface area (TPSA) is 103 Å². The molecule has 1 aromatic carbocycles. The van der Waals surface area contributed by atoms with Crippen molar-refractivity contribution in [3.05, 3.63) is 77.7 Å². The van der Waals surface area contributed by atoms with Gasteiger partial charge in [-0.25, -0.2) is 4.98 Å². The Morgan fingerprint density at radius 2 is 1.86 bits per heavy atom. The first-order valence-electron chi connectivity index (χ1n) is 12.3. The third-order valence-corrected chi connectivity index (χ3v) is 6.72. The van der Waals surface area contributed by atoms with E-state index >= 15 is 0 Å². The predicted molar refractivity (Wildman–Crippen MR) is 135 cm³/mol. The van der Waals surface area contributed by atoms with Crippen molar-refractivity contribution in [3.8, 4) is 28.4 Å². The minimum Gasteiger partial charge on any atom is -0.489 e. The molecule has 1 saturated carbocycles. The maximum absolute atomic E-state index is 11.4. The van der Waals surface area contributed by atoms with Crippen LogP contribution in [0.3, 0.4) is 0 Å². The maximum Gasteiger partial charge on any atom is 0.306 e. The highest BCUT2D eigenvalue weighted by Gasteiger charge is 2.28. The zero-order valence-corrected chi connectivity index (χ0v) is 20.5. The van der Waals surface area contributed by atoms with E-state index in [0.717, 1.165) is 41.2 Å². The number of aromatic nitrogens is 5. The van der Waals surface area contributed by atoms with Gasteiger partial charge in [0.25, 0.3) is 0 Å². The Morgan fingerprint density at radius 1 is 1.03 bits per heavy atom. The number of carboxylic acid groups (broad SMARTS) is 1. The molecule has 8 heteroatoms. The molecule has 184 valence electrons. The van der Waals surface area contributed by atoms with E-state index in [9.17, 15) is 9.90 Å². The van der Waals surface area contributed by atoms with Crippen LogP contribution in [0.15, 0.2) is 60.7 Å². The molecule has 1 N–H and O–H groups in total. The summed E-state index contributed by atoms with van der Waals surface area (Å²) in [5.41, 5.74) is 6.01. The number of ether oxygens (including phenoxy) is 1. The van der Waals surface area contributed by atoms with Crippen molar-refractivity contribution >= 4 is 5.97 Å². The van der Waals surface area contributed by atoms with Crippen LogP contribution in [0.2, 0.25) is 0 Å². The number of pyridine rings is 2. The molecule has 0 amide bonds. The van der Waals surface area contributed by atoms with Crippen molar-refractivity contribution in [2.24, 2.45) is 13.0 Å². The van der Waals surface area contributed by atoms with Gasteiger partial charge in [-0.3, -0.25) is 14.5 Å². The van der Waals surface area contributed by atoms with Gasteiger partial charge >= 0.3 is 5.97 Å². The number of aryl methyl sites for hydroxylation is 2. The summed E-state index contributed by atoms with van der Waals surface area (Å²) in [4.78, 5) is 21.0. The predicted octanol–water partition coefficient (Wildman–Crippen LogP) is 4.86. The van der Waals surface area contributed by atoms with Gasteiger partial charge in [0.1, 0.15) is 11.4 Å². The molecule has 8 nitrogen and oxygen atoms in total. The van der Waals surface area contributed by atoms with Crippen LogP contribution in [-0.4, -0.2) is 42.1 Å². The summed E-state index contributed by atoms with van der Waals surface area (Å²) in [6, 6.07) is 19.9. The van der Waals surface area contributed by atoms with Gasteiger partial charge in [-0.05, 0) is 56.9 Å². The Kier molecular flexibility index (Phi) is 6.75. The Balaban J connectivity index is 1.36.